The van der Waals surface area contributed by atoms with Crippen molar-refractivity contribution in [2.75, 3.05) is 24.3 Å². The summed E-state index contributed by atoms with van der Waals surface area (Å²) in [4.78, 5) is 8.66. The molecular formula is C19H18Cl2N4O. The predicted octanol–water partition coefficient (Wildman–Crippen LogP) is 5.19. The molecule has 0 atom stereocenters. The van der Waals surface area contributed by atoms with Gasteiger partial charge in [-0.05, 0) is 36.2 Å². The number of hydrogen-bond acceptors (Lipinski definition) is 5. The standard InChI is InChI=1S/C19H18Cl2N4O/c1-26-16-8-3-2-5-13(16)9-11-22-17-10-12-23-19(25-17)24-15-7-4-6-14(20)18(15)21/h2-8,10,12H,9,11H2,1H3,(H2,22,23,24,25). The van der Waals surface area contributed by atoms with Crippen LogP contribution in [0.1, 0.15) is 5.56 Å². The van der Waals surface area contributed by atoms with Gasteiger partial charge in [-0.2, -0.15) is 4.98 Å². The maximum atomic E-state index is 6.19. The third kappa shape index (κ3) is 4.56. The lowest BCUT2D eigenvalue weighted by Crippen LogP contribution is -2.08. The minimum Gasteiger partial charge on any atom is -0.496 e. The Morgan fingerprint density at radius 3 is 2.73 bits per heavy atom. The van der Waals surface area contributed by atoms with Crippen LogP contribution in [0.5, 0.6) is 5.75 Å². The molecule has 3 rings (SSSR count). The van der Waals surface area contributed by atoms with Crippen LogP contribution in [0.2, 0.25) is 10.0 Å². The highest BCUT2D eigenvalue weighted by Crippen LogP contribution is 2.31. The van der Waals surface area contributed by atoms with Gasteiger partial charge in [0.1, 0.15) is 11.6 Å². The van der Waals surface area contributed by atoms with Crippen molar-refractivity contribution >= 4 is 40.7 Å². The number of halogens is 2. The van der Waals surface area contributed by atoms with Gasteiger partial charge in [0.05, 0.1) is 22.8 Å². The topological polar surface area (TPSA) is 59.1 Å². The van der Waals surface area contributed by atoms with E-state index in [0.29, 0.717) is 21.7 Å². The second kappa shape index (κ2) is 8.74. The Balaban J connectivity index is 1.63. The Labute approximate surface area is 162 Å². The van der Waals surface area contributed by atoms with Gasteiger partial charge in [-0.3, -0.25) is 0 Å². The Morgan fingerprint density at radius 2 is 1.88 bits per heavy atom. The van der Waals surface area contributed by atoms with Crippen molar-refractivity contribution in [1.82, 2.24) is 9.97 Å². The van der Waals surface area contributed by atoms with Crippen molar-refractivity contribution in [3.63, 3.8) is 0 Å². The fourth-order valence-electron chi connectivity index (χ4n) is 2.47. The van der Waals surface area contributed by atoms with E-state index in [9.17, 15) is 0 Å². The number of nitrogens with zero attached hydrogens (tertiary/aromatic N) is 2. The molecule has 0 radical (unpaired) electrons. The van der Waals surface area contributed by atoms with Gasteiger partial charge in [-0.15, -0.1) is 0 Å². The summed E-state index contributed by atoms with van der Waals surface area (Å²) in [6, 6.07) is 15.1. The van der Waals surface area contributed by atoms with Crippen LogP contribution in [-0.4, -0.2) is 23.6 Å². The maximum absolute atomic E-state index is 6.19. The molecule has 0 bridgehead atoms. The number of anilines is 3. The monoisotopic (exact) mass is 388 g/mol. The summed E-state index contributed by atoms with van der Waals surface area (Å²) in [5.74, 6) is 2.04. The lowest BCUT2D eigenvalue weighted by Gasteiger charge is -2.11. The van der Waals surface area contributed by atoms with Crippen LogP contribution in [0.25, 0.3) is 0 Å². The van der Waals surface area contributed by atoms with Gasteiger partial charge < -0.3 is 15.4 Å². The highest BCUT2D eigenvalue weighted by Gasteiger charge is 2.07. The zero-order chi connectivity index (χ0) is 18.4. The summed E-state index contributed by atoms with van der Waals surface area (Å²) in [7, 11) is 1.68. The summed E-state index contributed by atoms with van der Waals surface area (Å²) in [6.45, 7) is 0.717. The number of hydrogen-bond donors (Lipinski definition) is 2. The van der Waals surface area contributed by atoms with Crippen LogP contribution in [-0.2, 0) is 6.42 Å². The quantitative estimate of drug-likeness (QED) is 0.582. The zero-order valence-electron chi connectivity index (χ0n) is 14.2. The van der Waals surface area contributed by atoms with Crippen LogP contribution >= 0.6 is 23.2 Å². The molecule has 0 unspecified atom stereocenters. The number of rotatable bonds is 7. The molecule has 0 fully saturated rings. The Kier molecular flexibility index (Phi) is 6.15. The van der Waals surface area contributed by atoms with Crippen molar-refractivity contribution in [3.05, 3.63) is 70.3 Å². The van der Waals surface area contributed by atoms with Gasteiger partial charge in [-0.25, -0.2) is 4.98 Å². The number of ether oxygens (including phenoxy) is 1. The summed E-state index contributed by atoms with van der Waals surface area (Å²) >= 11 is 12.2. The average Bonchev–Trinajstić information content (AvgIpc) is 2.66. The van der Waals surface area contributed by atoms with E-state index >= 15 is 0 Å². The molecule has 0 aliphatic rings. The van der Waals surface area contributed by atoms with Gasteiger partial charge in [0.15, 0.2) is 0 Å². The number of nitrogens with one attached hydrogen (secondary N) is 2. The van der Waals surface area contributed by atoms with Crippen molar-refractivity contribution in [2.24, 2.45) is 0 Å². The number of aromatic nitrogens is 2. The minimum atomic E-state index is 0.437. The van der Waals surface area contributed by atoms with Crippen molar-refractivity contribution in [3.8, 4) is 5.75 Å². The second-order valence-corrected chi connectivity index (χ2v) is 6.27. The summed E-state index contributed by atoms with van der Waals surface area (Å²) in [6.07, 6.45) is 2.50. The minimum absolute atomic E-state index is 0.437. The summed E-state index contributed by atoms with van der Waals surface area (Å²) < 4.78 is 5.37. The molecule has 7 heteroatoms. The van der Waals surface area contributed by atoms with E-state index in [-0.39, 0.29) is 0 Å². The van der Waals surface area contributed by atoms with E-state index in [0.717, 1.165) is 30.1 Å². The van der Waals surface area contributed by atoms with Crippen LogP contribution in [0.3, 0.4) is 0 Å². The third-order valence-corrected chi connectivity index (χ3v) is 4.57. The van der Waals surface area contributed by atoms with Crippen LogP contribution in [0, 0.1) is 0 Å². The lowest BCUT2D eigenvalue weighted by atomic mass is 10.1. The molecule has 134 valence electrons. The number of para-hydroxylation sites is 1. The van der Waals surface area contributed by atoms with E-state index in [1.165, 1.54) is 0 Å². The van der Waals surface area contributed by atoms with E-state index in [2.05, 4.69) is 26.7 Å². The molecule has 1 aromatic heterocycles. The number of methoxy groups -OCH3 is 1. The molecule has 0 saturated carbocycles. The molecule has 0 aliphatic heterocycles. The van der Waals surface area contributed by atoms with Crippen molar-refractivity contribution in [2.45, 2.75) is 6.42 Å². The largest absolute Gasteiger partial charge is 0.496 e. The molecule has 0 amide bonds. The van der Waals surface area contributed by atoms with E-state index < -0.39 is 0 Å². The van der Waals surface area contributed by atoms with E-state index in [1.807, 2.05) is 36.4 Å². The summed E-state index contributed by atoms with van der Waals surface area (Å²) in [5, 5.41) is 7.28. The summed E-state index contributed by atoms with van der Waals surface area (Å²) in [5.41, 5.74) is 1.80. The molecule has 26 heavy (non-hydrogen) atoms. The predicted molar refractivity (Wildman–Crippen MR) is 107 cm³/mol. The Bertz CT molecular complexity index is 889. The molecule has 0 saturated heterocycles. The molecule has 0 aliphatic carbocycles. The highest BCUT2D eigenvalue weighted by atomic mass is 35.5. The normalized spacial score (nSPS) is 10.4. The van der Waals surface area contributed by atoms with E-state index in [1.54, 1.807) is 19.4 Å². The fraction of sp³-hybridized carbons (Fsp3) is 0.158. The highest BCUT2D eigenvalue weighted by molar-refractivity contribution is 6.43. The van der Waals surface area contributed by atoms with Gasteiger partial charge in [0.25, 0.3) is 0 Å². The van der Waals surface area contributed by atoms with Gasteiger partial charge in [0.2, 0.25) is 5.95 Å². The van der Waals surface area contributed by atoms with Crippen LogP contribution in [0.4, 0.5) is 17.5 Å². The van der Waals surface area contributed by atoms with Crippen LogP contribution in [0.15, 0.2) is 54.7 Å². The molecule has 1 heterocycles. The average molecular weight is 389 g/mol. The number of benzene rings is 2. The Hall–Kier alpha value is -2.50. The first kappa shape index (κ1) is 18.3. The van der Waals surface area contributed by atoms with Gasteiger partial charge in [-0.1, -0.05) is 47.5 Å². The van der Waals surface area contributed by atoms with Crippen molar-refractivity contribution in [1.29, 1.82) is 0 Å². The molecule has 2 N–H and O–H groups in total. The molecule has 0 spiro atoms. The lowest BCUT2D eigenvalue weighted by molar-refractivity contribution is 0.410. The maximum Gasteiger partial charge on any atom is 0.229 e. The Morgan fingerprint density at radius 1 is 1.04 bits per heavy atom. The molecular weight excluding hydrogens is 371 g/mol. The van der Waals surface area contributed by atoms with Crippen LogP contribution < -0.4 is 15.4 Å². The molecule has 5 nitrogen and oxygen atoms in total. The van der Waals surface area contributed by atoms with Gasteiger partial charge >= 0.3 is 0 Å². The second-order valence-electron chi connectivity index (χ2n) is 5.48. The fourth-order valence-corrected chi connectivity index (χ4v) is 2.82. The zero-order valence-corrected chi connectivity index (χ0v) is 15.7. The molecule has 3 aromatic rings. The first-order valence-corrected chi connectivity index (χ1v) is 8.83. The SMILES string of the molecule is COc1ccccc1CCNc1ccnc(Nc2cccc(Cl)c2Cl)n1. The first-order chi connectivity index (χ1) is 12.7. The third-order valence-electron chi connectivity index (χ3n) is 3.75. The van der Waals surface area contributed by atoms with Gasteiger partial charge in [0, 0.05) is 12.7 Å². The first-order valence-electron chi connectivity index (χ1n) is 8.07. The molecule has 2 aromatic carbocycles. The smallest absolute Gasteiger partial charge is 0.229 e. The van der Waals surface area contributed by atoms with Crippen molar-refractivity contribution < 1.29 is 4.74 Å². The van der Waals surface area contributed by atoms with E-state index in [4.69, 9.17) is 27.9 Å².